The van der Waals surface area contributed by atoms with Crippen LogP contribution in [0.5, 0.6) is 5.75 Å². The van der Waals surface area contributed by atoms with Crippen molar-refractivity contribution in [2.75, 3.05) is 11.9 Å². The van der Waals surface area contributed by atoms with Crippen LogP contribution in [0.25, 0.3) is 16.6 Å². The SMILES string of the molecule is O=C(Nc1cc2cn[nH]c2cc1OCC(F)F)c1cnn2cccnc12. The molecule has 0 bridgehead atoms. The Labute approximate surface area is 144 Å². The summed E-state index contributed by atoms with van der Waals surface area (Å²) in [6, 6.07) is 4.79. The summed E-state index contributed by atoms with van der Waals surface area (Å²) in [5.41, 5.74) is 1.48. The number of amides is 1. The molecule has 2 N–H and O–H groups in total. The number of aromatic amines is 1. The summed E-state index contributed by atoms with van der Waals surface area (Å²) in [5, 5.41) is 14.0. The van der Waals surface area contributed by atoms with E-state index in [0.717, 1.165) is 0 Å². The quantitative estimate of drug-likeness (QED) is 0.571. The number of halogens is 2. The number of alkyl halides is 2. The molecule has 1 amide bonds. The van der Waals surface area contributed by atoms with Crippen molar-refractivity contribution in [3.63, 3.8) is 0 Å². The molecule has 0 saturated carbocycles. The maximum atomic E-state index is 12.6. The second-order valence-corrected chi connectivity index (χ2v) is 5.41. The summed E-state index contributed by atoms with van der Waals surface area (Å²) in [5.74, 6) is -0.372. The number of H-pyrrole nitrogens is 1. The van der Waals surface area contributed by atoms with E-state index in [1.165, 1.54) is 16.8 Å². The standard InChI is InChI=1S/C16H12F2N6O2/c17-14(18)8-26-13-5-11-9(6-20-23-11)4-12(13)22-16(25)10-7-21-24-3-1-2-19-15(10)24/h1-7,14H,8H2,(H,20,23)(H,22,25). The van der Waals surface area contributed by atoms with Crippen LogP contribution in [0.3, 0.4) is 0 Å². The van der Waals surface area contributed by atoms with Gasteiger partial charge in [-0.05, 0) is 12.1 Å². The van der Waals surface area contributed by atoms with Gasteiger partial charge >= 0.3 is 0 Å². The van der Waals surface area contributed by atoms with E-state index in [9.17, 15) is 13.6 Å². The number of hydrogen-bond donors (Lipinski definition) is 2. The van der Waals surface area contributed by atoms with Crippen LogP contribution >= 0.6 is 0 Å². The highest BCUT2D eigenvalue weighted by Gasteiger charge is 2.17. The van der Waals surface area contributed by atoms with Crippen LogP contribution in [0.4, 0.5) is 14.5 Å². The Hall–Kier alpha value is -3.56. The van der Waals surface area contributed by atoms with Crippen molar-refractivity contribution in [2.24, 2.45) is 0 Å². The van der Waals surface area contributed by atoms with E-state index in [4.69, 9.17) is 4.74 Å². The summed E-state index contributed by atoms with van der Waals surface area (Å²) in [4.78, 5) is 16.7. The van der Waals surface area contributed by atoms with Gasteiger partial charge in [0.25, 0.3) is 12.3 Å². The highest BCUT2D eigenvalue weighted by Crippen LogP contribution is 2.30. The summed E-state index contributed by atoms with van der Waals surface area (Å²) in [6.07, 6.45) is 3.50. The van der Waals surface area contributed by atoms with Crippen LogP contribution in [0.15, 0.2) is 43.0 Å². The van der Waals surface area contributed by atoms with Crippen molar-refractivity contribution in [3.05, 3.63) is 48.5 Å². The molecule has 4 aromatic rings. The molecule has 0 aliphatic rings. The zero-order chi connectivity index (χ0) is 18.1. The number of benzene rings is 1. The Kier molecular flexibility index (Phi) is 3.92. The van der Waals surface area contributed by atoms with Gasteiger partial charge < -0.3 is 10.1 Å². The monoisotopic (exact) mass is 358 g/mol. The molecule has 3 aromatic heterocycles. The maximum Gasteiger partial charge on any atom is 0.272 e. The largest absolute Gasteiger partial charge is 0.485 e. The predicted molar refractivity (Wildman–Crippen MR) is 88.5 cm³/mol. The lowest BCUT2D eigenvalue weighted by atomic mass is 10.2. The number of fused-ring (bicyclic) bond motifs is 2. The highest BCUT2D eigenvalue weighted by atomic mass is 19.3. The summed E-state index contributed by atoms with van der Waals surface area (Å²) in [7, 11) is 0. The second-order valence-electron chi connectivity index (χ2n) is 5.41. The lowest BCUT2D eigenvalue weighted by Gasteiger charge is -2.12. The number of rotatable bonds is 5. The van der Waals surface area contributed by atoms with Gasteiger partial charge in [-0.2, -0.15) is 10.2 Å². The van der Waals surface area contributed by atoms with E-state index >= 15 is 0 Å². The first kappa shape index (κ1) is 15.9. The summed E-state index contributed by atoms with van der Waals surface area (Å²) < 4.78 is 31.6. The third kappa shape index (κ3) is 2.92. The smallest absolute Gasteiger partial charge is 0.272 e. The van der Waals surface area contributed by atoms with Crippen LogP contribution in [0.1, 0.15) is 10.4 Å². The van der Waals surface area contributed by atoms with Gasteiger partial charge in [0.1, 0.15) is 17.9 Å². The van der Waals surface area contributed by atoms with Gasteiger partial charge in [-0.1, -0.05) is 0 Å². The molecule has 0 atom stereocenters. The number of carbonyl (C=O) groups excluding carboxylic acids is 1. The molecule has 4 rings (SSSR count). The molecule has 0 radical (unpaired) electrons. The molecular formula is C16H12F2N6O2. The highest BCUT2D eigenvalue weighted by molar-refractivity contribution is 6.09. The number of ether oxygens (including phenoxy) is 1. The molecule has 10 heteroatoms. The Morgan fingerprint density at radius 3 is 3.08 bits per heavy atom. The first-order chi connectivity index (χ1) is 12.6. The maximum absolute atomic E-state index is 12.6. The number of nitrogens with zero attached hydrogens (tertiary/aromatic N) is 4. The van der Waals surface area contributed by atoms with Gasteiger partial charge in [0.05, 0.1) is 23.6 Å². The average Bonchev–Trinajstić information content (AvgIpc) is 3.25. The van der Waals surface area contributed by atoms with Crippen molar-refractivity contribution < 1.29 is 18.3 Å². The fourth-order valence-electron chi connectivity index (χ4n) is 2.52. The van der Waals surface area contributed by atoms with Gasteiger partial charge in [0.2, 0.25) is 0 Å². The summed E-state index contributed by atoms with van der Waals surface area (Å²) in [6.45, 7) is -0.791. The first-order valence-corrected chi connectivity index (χ1v) is 7.59. The Morgan fingerprint density at radius 2 is 2.23 bits per heavy atom. The lowest BCUT2D eigenvalue weighted by molar-refractivity contribution is 0.0822. The van der Waals surface area contributed by atoms with Crippen molar-refractivity contribution >= 4 is 28.1 Å². The van der Waals surface area contributed by atoms with Gasteiger partial charge in [-0.15, -0.1) is 0 Å². The normalized spacial score (nSPS) is 11.3. The van der Waals surface area contributed by atoms with Crippen LogP contribution in [0, 0.1) is 0 Å². The van der Waals surface area contributed by atoms with E-state index < -0.39 is 18.9 Å². The topological polar surface area (TPSA) is 97.2 Å². The molecule has 3 heterocycles. The van der Waals surface area contributed by atoms with E-state index in [1.54, 1.807) is 30.7 Å². The van der Waals surface area contributed by atoms with Crippen LogP contribution in [0.2, 0.25) is 0 Å². The van der Waals surface area contributed by atoms with Gasteiger partial charge in [-0.25, -0.2) is 18.3 Å². The van der Waals surface area contributed by atoms with Crippen LogP contribution in [-0.2, 0) is 0 Å². The van der Waals surface area contributed by atoms with E-state index in [0.29, 0.717) is 16.6 Å². The molecule has 132 valence electrons. The number of hydrogen-bond acceptors (Lipinski definition) is 5. The number of nitrogens with one attached hydrogen (secondary N) is 2. The van der Waals surface area contributed by atoms with E-state index in [-0.39, 0.29) is 17.0 Å². The van der Waals surface area contributed by atoms with Crippen molar-refractivity contribution in [3.8, 4) is 5.75 Å². The molecule has 0 spiro atoms. The second kappa shape index (κ2) is 6.39. The van der Waals surface area contributed by atoms with E-state index in [1.807, 2.05) is 0 Å². The summed E-state index contributed by atoms with van der Waals surface area (Å²) >= 11 is 0. The van der Waals surface area contributed by atoms with Gasteiger partial charge in [-0.3, -0.25) is 9.89 Å². The third-order valence-corrected chi connectivity index (χ3v) is 3.68. The molecule has 26 heavy (non-hydrogen) atoms. The Balaban J connectivity index is 1.68. The first-order valence-electron chi connectivity index (χ1n) is 7.59. The van der Waals surface area contributed by atoms with Crippen LogP contribution in [-0.4, -0.2) is 43.7 Å². The fraction of sp³-hybridized carbons (Fsp3) is 0.125. The minimum atomic E-state index is -2.64. The molecule has 1 aromatic carbocycles. The lowest BCUT2D eigenvalue weighted by Crippen LogP contribution is -2.14. The number of anilines is 1. The molecule has 0 unspecified atom stereocenters. The minimum Gasteiger partial charge on any atom is -0.485 e. The van der Waals surface area contributed by atoms with Crippen LogP contribution < -0.4 is 10.1 Å². The molecule has 0 saturated heterocycles. The Morgan fingerprint density at radius 1 is 1.35 bits per heavy atom. The molecule has 0 fully saturated rings. The molecule has 0 aliphatic carbocycles. The fourth-order valence-corrected chi connectivity index (χ4v) is 2.52. The Bertz CT molecular complexity index is 1090. The number of aromatic nitrogens is 5. The molecular weight excluding hydrogens is 346 g/mol. The molecule has 0 aliphatic heterocycles. The van der Waals surface area contributed by atoms with Crippen molar-refractivity contribution in [2.45, 2.75) is 6.43 Å². The minimum absolute atomic E-state index is 0.111. The van der Waals surface area contributed by atoms with Crippen molar-refractivity contribution in [1.29, 1.82) is 0 Å². The van der Waals surface area contributed by atoms with E-state index in [2.05, 4.69) is 25.6 Å². The predicted octanol–water partition coefficient (Wildman–Crippen LogP) is 2.50. The number of carbonyl (C=O) groups is 1. The van der Waals surface area contributed by atoms with Crippen molar-refractivity contribution in [1.82, 2.24) is 24.8 Å². The zero-order valence-corrected chi connectivity index (χ0v) is 13.2. The zero-order valence-electron chi connectivity index (χ0n) is 13.2. The average molecular weight is 358 g/mol. The van der Waals surface area contributed by atoms with Gasteiger partial charge in [0.15, 0.2) is 5.65 Å². The third-order valence-electron chi connectivity index (χ3n) is 3.68. The van der Waals surface area contributed by atoms with Gasteiger partial charge in [0, 0.05) is 23.8 Å². The molecule has 8 nitrogen and oxygen atoms in total.